The SMILES string of the molecule is CCC(C)(C)NC(=O)C1CCN(S(=O)(=O)c2c(C)noc2/C=C/c2ccc(C)cc2)CC1. The number of carbonyl (C=O) groups is 1. The number of hydrogen-bond donors (Lipinski definition) is 1. The Balaban J connectivity index is 1.73. The van der Waals surface area contributed by atoms with E-state index >= 15 is 0 Å². The highest BCUT2D eigenvalue weighted by Crippen LogP contribution is 2.29. The summed E-state index contributed by atoms with van der Waals surface area (Å²) in [6.07, 6.45) is 5.26. The Morgan fingerprint density at radius 2 is 1.81 bits per heavy atom. The van der Waals surface area contributed by atoms with Crippen LogP contribution in [-0.2, 0) is 14.8 Å². The third-order valence-electron chi connectivity index (χ3n) is 6.11. The van der Waals surface area contributed by atoms with Crippen LogP contribution in [0.4, 0.5) is 0 Å². The summed E-state index contributed by atoms with van der Waals surface area (Å²) < 4.78 is 33.6. The number of hydrogen-bond acceptors (Lipinski definition) is 5. The predicted octanol–water partition coefficient (Wildman–Crippen LogP) is 4.17. The molecule has 0 saturated carbocycles. The summed E-state index contributed by atoms with van der Waals surface area (Å²) in [6, 6.07) is 7.90. The van der Waals surface area contributed by atoms with Crippen LogP contribution in [0.1, 0.15) is 62.6 Å². The number of benzene rings is 1. The van der Waals surface area contributed by atoms with Gasteiger partial charge in [0.1, 0.15) is 5.69 Å². The van der Waals surface area contributed by atoms with Gasteiger partial charge in [-0.1, -0.05) is 48.0 Å². The van der Waals surface area contributed by atoms with E-state index in [2.05, 4.69) is 10.5 Å². The zero-order valence-electron chi connectivity index (χ0n) is 19.5. The van der Waals surface area contributed by atoms with Gasteiger partial charge in [0, 0.05) is 24.5 Å². The van der Waals surface area contributed by atoms with Crippen molar-refractivity contribution in [1.29, 1.82) is 0 Å². The van der Waals surface area contributed by atoms with Crippen molar-refractivity contribution in [2.75, 3.05) is 13.1 Å². The molecule has 0 spiro atoms. The Hall–Kier alpha value is -2.45. The van der Waals surface area contributed by atoms with E-state index in [0.29, 0.717) is 31.6 Å². The average molecular weight is 460 g/mol. The van der Waals surface area contributed by atoms with Gasteiger partial charge in [-0.2, -0.15) is 4.31 Å². The van der Waals surface area contributed by atoms with Crippen LogP contribution in [0.2, 0.25) is 0 Å². The fourth-order valence-corrected chi connectivity index (χ4v) is 5.38. The Morgan fingerprint density at radius 3 is 2.41 bits per heavy atom. The minimum Gasteiger partial charge on any atom is -0.355 e. The molecule has 2 aromatic rings. The maximum absolute atomic E-state index is 13.4. The number of carbonyl (C=O) groups excluding carboxylic acids is 1. The van der Waals surface area contributed by atoms with Gasteiger partial charge in [-0.25, -0.2) is 8.42 Å². The molecule has 1 aromatic carbocycles. The van der Waals surface area contributed by atoms with Crippen molar-refractivity contribution in [2.45, 2.75) is 64.3 Å². The van der Waals surface area contributed by atoms with E-state index in [4.69, 9.17) is 4.52 Å². The van der Waals surface area contributed by atoms with Crippen LogP contribution in [0.3, 0.4) is 0 Å². The van der Waals surface area contributed by atoms with Crippen molar-refractivity contribution < 1.29 is 17.7 Å². The highest BCUT2D eigenvalue weighted by Gasteiger charge is 2.36. The third-order valence-corrected chi connectivity index (χ3v) is 8.16. The first kappa shape index (κ1) is 24.2. The Morgan fingerprint density at radius 1 is 1.19 bits per heavy atom. The van der Waals surface area contributed by atoms with Gasteiger partial charge < -0.3 is 9.84 Å². The van der Waals surface area contributed by atoms with Crippen LogP contribution in [0.5, 0.6) is 0 Å². The molecule has 0 unspecified atom stereocenters. The second-order valence-electron chi connectivity index (χ2n) is 9.11. The number of aryl methyl sites for hydroxylation is 2. The molecule has 32 heavy (non-hydrogen) atoms. The Labute approximate surface area is 190 Å². The summed E-state index contributed by atoms with van der Waals surface area (Å²) >= 11 is 0. The third kappa shape index (κ3) is 5.48. The summed E-state index contributed by atoms with van der Waals surface area (Å²) in [7, 11) is -3.79. The zero-order valence-corrected chi connectivity index (χ0v) is 20.3. The van der Waals surface area contributed by atoms with Gasteiger partial charge in [0.2, 0.25) is 15.9 Å². The number of sulfonamides is 1. The van der Waals surface area contributed by atoms with Crippen LogP contribution in [0.15, 0.2) is 33.7 Å². The topological polar surface area (TPSA) is 92.5 Å². The highest BCUT2D eigenvalue weighted by molar-refractivity contribution is 7.89. The molecule has 0 aliphatic carbocycles. The quantitative estimate of drug-likeness (QED) is 0.671. The fourth-order valence-electron chi connectivity index (χ4n) is 3.66. The van der Waals surface area contributed by atoms with E-state index in [0.717, 1.165) is 17.5 Å². The molecule has 0 radical (unpaired) electrons. The van der Waals surface area contributed by atoms with Crippen LogP contribution in [-0.4, -0.2) is 42.4 Å². The lowest BCUT2D eigenvalue weighted by atomic mass is 9.94. The maximum atomic E-state index is 13.4. The Bertz CT molecular complexity index is 1080. The molecule has 1 amide bonds. The van der Waals surface area contributed by atoms with Crippen molar-refractivity contribution in [1.82, 2.24) is 14.8 Å². The first-order valence-corrected chi connectivity index (χ1v) is 12.5. The molecule has 0 bridgehead atoms. The largest absolute Gasteiger partial charge is 0.355 e. The normalized spacial score (nSPS) is 16.5. The summed E-state index contributed by atoms with van der Waals surface area (Å²) in [5, 5.41) is 6.97. The molecular formula is C24H33N3O4S. The first-order chi connectivity index (χ1) is 15.0. The number of piperidine rings is 1. The minimum atomic E-state index is -3.79. The van der Waals surface area contributed by atoms with Gasteiger partial charge in [-0.3, -0.25) is 4.79 Å². The smallest absolute Gasteiger partial charge is 0.248 e. The van der Waals surface area contributed by atoms with Crippen molar-refractivity contribution in [3.8, 4) is 0 Å². The van der Waals surface area contributed by atoms with Crippen LogP contribution >= 0.6 is 0 Å². The Kier molecular flexibility index (Phi) is 7.25. The molecule has 3 rings (SSSR count). The first-order valence-electron chi connectivity index (χ1n) is 11.1. The van der Waals surface area contributed by atoms with Crippen molar-refractivity contribution in [2.24, 2.45) is 5.92 Å². The number of nitrogens with one attached hydrogen (secondary N) is 1. The maximum Gasteiger partial charge on any atom is 0.248 e. The summed E-state index contributed by atoms with van der Waals surface area (Å²) in [6.45, 7) is 10.2. The number of nitrogens with zero attached hydrogens (tertiary/aromatic N) is 2. The minimum absolute atomic E-state index is 0.00298. The van der Waals surface area contributed by atoms with Gasteiger partial charge in [-0.15, -0.1) is 0 Å². The lowest BCUT2D eigenvalue weighted by molar-refractivity contribution is -0.127. The zero-order chi connectivity index (χ0) is 23.5. The lowest BCUT2D eigenvalue weighted by Crippen LogP contribution is -2.49. The summed E-state index contributed by atoms with van der Waals surface area (Å²) in [5.41, 5.74) is 2.16. The molecule has 1 aliphatic rings. The van der Waals surface area contributed by atoms with E-state index in [-0.39, 0.29) is 28.0 Å². The van der Waals surface area contributed by atoms with Gasteiger partial charge in [0.15, 0.2) is 10.7 Å². The second kappa shape index (κ2) is 9.58. The van der Waals surface area contributed by atoms with E-state index in [9.17, 15) is 13.2 Å². The van der Waals surface area contributed by atoms with Gasteiger partial charge in [-0.05, 0) is 58.6 Å². The monoisotopic (exact) mass is 459 g/mol. The number of amides is 1. The van der Waals surface area contributed by atoms with Gasteiger partial charge >= 0.3 is 0 Å². The summed E-state index contributed by atoms with van der Waals surface area (Å²) in [4.78, 5) is 12.7. The molecule has 1 aromatic heterocycles. The van der Waals surface area contributed by atoms with Crippen molar-refractivity contribution >= 4 is 28.1 Å². The molecule has 1 N–H and O–H groups in total. The van der Waals surface area contributed by atoms with E-state index in [1.165, 1.54) is 4.31 Å². The van der Waals surface area contributed by atoms with Crippen LogP contribution in [0.25, 0.3) is 12.2 Å². The fraction of sp³-hybridized carbons (Fsp3) is 0.500. The van der Waals surface area contributed by atoms with E-state index < -0.39 is 10.0 Å². The van der Waals surface area contributed by atoms with E-state index in [1.54, 1.807) is 13.0 Å². The number of rotatable bonds is 7. The van der Waals surface area contributed by atoms with E-state index in [1.807, 2.05) is 58.0 Å². The summed E-state index contributed by atoms with van der Waals surface area (Å²) in [5.74, 6) is 0.0289. The molecule has 1 saturated heterocycles. The molecule has 7 nitrogen and oxygen atoms in total. The molecule has 1 fully saturated rings. The molecule has 174 valence electrons. The lowest BCUT2D eigenvalue weighted by Gasteiger charge is -2.33. The van der Waals surface area contributed by atoms with Crippen LogP contribution < -0.4 is 5.32 Å². The number of aromatic nitrogens is 1. The second-order valence-corrected chi connectivity index (χ2v) is 11.0. The molecular weight excluding hydrogens is 426 g/mol. The molecule has 1 aliphatic heterocycles. The van der Waals surface area contributed by atoms with Crippen molar-refractivity contribution in [3.05, 3.63) is 46.8 Å². The van der Waals surface area contributed by atoms with Gasteiger partial charge in [0.25, 0.3) is 0 Å². The molecule has 2 heterocycles. The standard InChI is InChI=1S/C24H33N3O4S/c1-6-24(4,5)25-23(28)20-13-15-27(16-14-20)32(29,30)22-18(3)26-31-21(22)12-11-19-9-7-17(2)8-10-19/h7-12,20H,6,13-16H2,1-5H3,(H,25,28)/b12-11+. The average Bonchev–Trinajstić information content (AvgIpc) is 3.14. The van der Waals surface area contributed by atoms with Gasteiger partial charge in [0.05, 0.1) is 0 Å². The molecule has 0 atom stereocenters. The van der Waals surface area contributed by atoms with Crippen molar-refractivity contribution in [3.63, 3.8) is 0 Å². The van der Waals surface area contributed by atoms with Crippen LogP contribution in [0, 0.1) is 19.8 Å². The molecule has 8 heteroatoms. The highest BCUT2D eigenvalue weighted by atomic mass is 32.2. The predicted molar refractivity (Wildman–Crippen MR) is 125 cm³/mol.